The van der Waals surface area contributed by atoms with Crippen molar-refractivity contribution in [2.24, 2.45) is 0 Å². The normalized spacial score (nSPS) is 15.1. The quantitative estimate of drug-likeness (QED) is 0.899. The standard InChI is InChI=1S/C20H23NO2/c22-20(21-17-11-5-2-6-12-17)15-23-19-14-8-7-13-18(19)16-9-3-1-4-10-16/h1,3-4,7-10,13-14,17H,2,5-6,11-12,15H2,(H,21,22). The van der Waals surface area contributed by atoms with Crippen LogP contribution in [0.2, 0.25) is 0 Å². The van der Waals surface area contributed by atoms with E-state index in [-0.39, 0.29) is 12.5 Å². The Morgan fingerprint density at radius 2 is 1.65 bits per heavy atom. The molecule has 3 heteroatoms. The van der Waals surface area contributed by atoms with Gasteiger partial charge < -0.3 is 10.1 Å². The van der Waals surface area contributed by atoms with E-state index in [2.05, 4.69) is 5.32 Å². The molecule has 2 aromatic rings. The number of carbonyl (C=O) groups is 1. The highest BCUT2D eigenvalue weighted by Gasteiger charge is 2.16. The first kappa shape index (κ1) is 15.6. The van der Waals surface area contributed by atoms with Crippen LogP contribution in [0.1, 0.15) is 32.1 Å². The van der Waals surface area contributed by atoms with Crippen molar-refractivity contribution in [2.75, 3.05) is 6.61 Å². The highest BCUT2D eigenvalue weighted by molar-refractivity contribution is 5.78. The Kier molecular flexibility index (Phi) is 5.30. The molecule has 0 aliphatic heterocycles. The lowest BCUT2D eigenvalue weighted by molar-refractivity contribution is -0.124. The molecule has 1 N–H and O–H groups in total. The number of hydrogen-bond acceptors (Lipinski definition) is 2. The van der Waals surface area contributed by atoms with Crippen LogP contribution < -0.4 is 10.1 Å². The highest BCUT2D eigenvalue weighted by atomic mass is 16.5. The number of hydrogen-bond donors (Lipinski definition) is 1. The molecule has 1 saturated carbocycles. The number of para-hydroxylation sites is 1. The van der Waals surface area contributed by atoms with Crippen molar-refractivity contribution in [3.8, 4) is 16.9 Å². The van der Waals surface area contributed by atoms with Gasteiger partial charge in [0.15, 0.2) is 6.61 Å². The SMILES string of the molecule is O=C(COc1ccccc1-c1ccccc1)NC1CCCCC1. The average Bonchev–Trinajstić information content (AvgIpc) is 2.62. The Morgan fingerprint density at radius 1 is 0.957 bits per heavy atom. The predicted molar refractivity (Wildman–Crippen MR) is 92.4 cm³/mol. The Labute approximate surface area is 137 Å². The highest BCUT2D eigenvalue weighted by Crippen LogP contribution is 2.29. The van der Waals surface area contributed by atoms with Crippen LogP contribution in [0, 0.1) is 0 Å². The Morgan fingerprint density at radius 3 is 2.43 bits per heavy atom. The van der Waals surface area contributed by atoms with E-state index in [1.165, 1.54) is 19.3 Å². The van der Waals surface area contributed by atoms with Gasteiger partial charge in [-0.3, -0.25) is 4.79 Å². The zero-order valence-electron chi connectivity index (χ0n) is 13.3. The lowest BCUT2D eigenvalue weighted by Gasteiger charge is -2.22. The lowest BCUT2D eigenvalue weighted by Crippen LogP contribution is -2.39. The van der Waals surface area contributed by atoms with Crippen molar-refractivity contribution < 1.29 is 9.53 Å². The first-order valence-electron chi connectivity index (χ1n) is 8.39. The van der Waals surface area contributed by atoms with Gasteiger partial charge in [0.25, 0.3) is 5.91 Å². The van der Waals surface area contributed by atoms with Crippen LogP contribution in [0.15, 0.2) is 54.6 Å². The van der Waals surface area contributed by atoms with Crippen molar-refractivity contribution >= 4 is 5.91 Å². The van der Waals surface area contributed by atoms with Crippen LogP contribution in [-0.4, -0.2) is 18.6 Å². The van der Waals surface area contributed by atoms with Gasteiger partial charge in [-0.15, -0.1) is 0 Å². The molecular formula is C20H23NO2. The number of nitrogens with one attached hydrogen (secondary N) is 1. The second-order valence-corrected chi connectivity index (χ2v) is 6.05. The maximum absolute atomic E-state index is 12.1. The Balaban J connectivity index is 1.61. The van der Waals surface area contributed by atoms with Gasteiger partial charge in [-0.1, -0.05) is 67.8 Å². The van der Waals surface area contributed by atoms with E-state index in [4.69, 9.17) is 4.74 Å². The summed E-state index contributed by atoms with van der Waals surface area (Å²) in [7, 11) is 0. The molecule has 0 spiro atoms. The molecule has 0 bridgehead atoms. The van der Waals surface area contributed by atoms with Crippen molar-refractivity contribution in [3.63, 3.8) is 0 Å². The summed E-state index contributed by atoms with van der Waals surface area (Å²) in [4.78, 5) is 12.1. The maximum atomic E-state index is 12.1. The van der Waals surface area contributed by atoms with Gasteiger partial charge in [0.2, 0.25) is 0 Å². The van der Waals surface area contributed by atoms with Crippen molar-refractivity contribution in [1.29, 1.82) is 0 Å². The van der Waals surface area contributed by atoms with Gasteiger partial charge in [-0.05, 0) is 24.5 Å². The number of carbonyl (C=O) groups excluding carboxylic acids is 1. The lowest BCUT2D eigenvalue weighted by atomic mass is 9.95. The molecule has 0 saturated heterocycles. The molecule has 1 amide bonds. The molecule has 0 atom stereocenters. The fraction of sp³-hybridized carbons (Fsp3) is 0.350. The molecule has 0 heterocycles. The molecule has 23 heavy (non-hydrogen) atoms. The average molecular weight is 309 g/mol. The fourth-order valence-corrected chi connectivity index (χ4v) is 3.11. The van der Waals surface area contributed by atoms with E-state index in [9.17, 15) is 4.79 Å². The molecule has 1 aliphatic carbocycles. The third kappa shape index (κ3) is 4.35. The summed E-state index contributed by atoms with van der Waals surface area (Å²) >= 11 is 0. The van der Waals surface area contributed by atoms with Gasteiger partial charge in [0.1, 0.15) is 5.75 Å². The number of amides is 1. The minimum Gasteiger partial charge on any atom is -0.483 e. The molecule has 0 radical (unpaired) electrons. The summed E-state index contributed by atoms with van der Waals surface area (Å²) in [6.07, 6.45) is 5.89. The zero-order chi connectivity index (χ0) is 15.9. The minimum absolute atomic E-state index is 0.0280. The third-order valence-electron chi connectivity index (χ3n) is 4.30. The summed E-state index contributed by atoms with van der Waals surface area (Å²) in [5.74, 6) is 0.720. The van der Waals surface area contributed by atoms with Crippen LogP contribution >= 0.6 is 0 Å². The minimum atomic E-state index is -0.0280. The van der Waals surface area contributed by atoms with Gasteiger partial charge >= 0.3 is 0 Å². The van der Waals surface area contributed by atoms with Gasteiger partial charge in [0, 0.05) is 11.6 Å². The molecule has 3 nitrogen and oxygen atoms in total. The van der Waals surface area contributed by atoms with E-state index >= 15 is 0 Å². The maximum Gasteiger partial charge on any atom is 0.258 e. The monoisotopic (exact) mass is 309 g/mol. The molecule has 1 aliphatic rings. The van der Waals surface area contributed by atoms with Crippen molar-refractivity contribution in [1.82, 2.24) is 5.32 Å². The van der Waals surface area contributed by atoms with Crippen LogP contribution in [-0.2, 0) is 4.79 Å². The molecular weight excluding hydrogens is 286 g/mol. The van der Waals surface area contributed by atoms with Crippen LogP contribution in [0.25, 0.3) is 11.1 Å². The number of ether oxygens (including phenoxy) is 1. The topological polar surface area (TPSA) is 38.3 Å². The molecule has 3 rings (SSSR count). The second-order valence-electron chi connectivity index (χ2n) is 6.05. The van der Waals surface area contributed by atoms with E-state index in [1.807, 2.05) is 54.6 Å². The summed E-state index contributed by atoms with van der Waals surface area (Å²) < 4.78 is 5.78. The summed E-state index contributed by atoms with van der Waals surface area (Å²) in [5.41, 5.74) is 2.11. The van der Waals surface area contributed by atoms with Crippen molar-refractivity contribution in [2.45, 2.75) is 38.1 Å². The Bertz CT molecular complexity index is 633. The predicted octanol–water partition coefficient (Wildman–Crippen LogP) is 4.18. The first-order valence-corrected chi connectivity index (χ1v) is 8.39. The second kappa shape index (κ2) is 7.82. The number of benzene rings is 2. The van der Waals surface area contributed by atoms with Gasteiger partial charge in [0.05, 0.1) is 0 Å². The van der Waals surface area contributed by atoms with E-state index in [1.54, 1.807) is 0 Å². The largest absolute Gasteiger partial charge is 0.483 e. The van der Waals surface area contributed by atoms with Gasteiger partial charge in [-0.25, -0.2) is 0 Å². The van der Waals surface area contributed by atoms with Crippen LogP contribution in [0.4, 0.5) is 0 Å². The molecule has 2 aromatic carbocycles. The van der Waals surface area contributed by atoms with Crippen LogP contribution in [0.3, 0.4) is 0 Å². The third-order valence-corrected chi connectivity index (χ3v) is 4.30. The molecule has 0 aromatic heterocycles. The van der Waals surface area contributed by atoms with E-state index < -0.39 is 0 Å². The zero-order valence-corrected chi connectivity index (χ0v) is 13.3. The fourth-order valence-electron chi connectivity index (χ4n) is 3.11. The summed E-state index contributed by atoms with van der Waals surface area (Å²) in [5, 5.41) is 3.08. The molecule has 0 unspecified atom stereocenters. The first-order chi connectivity index (χ1) is 11.3. The summed E-state index contributed by atoms with van der Waals surface area (Å²) in [6, 6.07) is 18.3. The number of rotatable bonds is 5. The van der Waals surface area contributed by atoms with Gasteiger partial charge in [-0.2, -0.15) is 0 Å². The van der Waals surface area contributed by atoms with E-state index in [0.717, 1.165) is 29.7 Å². The molecule has 1 fully saturated rings. The van der Waals surface area contributed by atoms with Crippen molar-refractivity contribution in [3.05, 3.63) is 54.6 Å². The smallest absolute Gasteiger partial charge is 0.258 e. The van der Waals surface area contributed by atoms with E-state index in [0.29, 0.717) is 6.04 Å². The van der Waals surface area contributed by atoms with Crippen LogP contribution in [0.5, 0.6) is 5.75 Å². The molecule has 120 valence electrons. The summed E-state index contributed by atoms with van der Waals surface area (Å²) in [6.45, 7) is 0.0698. The Hall–Kier alpha value is -2.29.